The topological polar surface area (TPSA) is 51.8 Å². The van der Waals surface area contributed by atoms with Crippen molar-refractivity contribution in [3.63, 3.8) is 0 Å². The Morgan fingerprint density at radius 2 is 1.41 bits per heavy atom. The Labute approximate surface area is 311 Å². The van der Waals surface area contributed by atoms with E-state index in [0.717, 1.165) is 66.5 Å². The molecule has 51 heavy (non-hydrogen) atoms. The van der Waals surface area contributed by atoms with Crippen LogP contribution in [-0.2, 0) is 20.1 Å². The number of pyridine rings is 3. The minimum atomic E-state index is 0. The summed E-state index contributed by atoms with van der Waals surface area (Å²) in [6.45, 7) is 6.50. The summed E-state index contributed by atoms with van der Waals surface area (Å²) in [5.41, 5.74) is 13.6. The summed E-state index contributed by atoms with van der Waals surface area (Å²) in [6, 6.07) is 47.5. The van der Waals surface area contributed by atoms with Crippen LogP contribution in [0.25, 0.3) is 77.5 Å². The second kappa shape index (κ2) is 14.6. The molecule has 4 heterocycles. The van der Waals surface area contributed by atoms with E-state index in [1.807, 2.05) is 79.3 Å². The number of hydrogen-bond donors (Lipinski definition) is 0. The van der Waals surface area contributed by atoms with E-state index < -0.39 is 0 Å². The molecule has 0 bridgehead atoms. The van der Waals surface area contributed by atoms with E-state index in [1.165, 1.54) is 27.6 Å². The third-order valence-corrected chi connectivity index (χ3v) is 9.29. The number of benzene rings is 5. The summed E-state index contributed by atoms with van der Waals surface area (Å²) in [5, 5.41) is 4.52. The molecular weight excluding hydrogens is 803 g/mol. The fraction of sp³-hybridized carbons (Fsp3) is 0.0652. The Kier molecular flexibility index (Phi) is 9.67. The van der Waals surface area contributed by atoms with Crippen LogP contribution in [0.1, 0.15) is 16.7 Å². The first kappa shape index (κ1) is 33.7. The van der Waals surface area contributed by atoms with Crippen LogP contribution in [0.3, 0.4) is 0 Å². The fourth-order valence-corrected chi connectivity index (χ4v) is 6.68. The first-order valence-electron chi connectivity index (χ1n) is 16.7. The molecule has 0 saturated heterocycles. The van der Waals surface area contributed by atoms with Crippen LogP contribution in [0, 0.1) is 32.9 Å². The second-order valence-electron chi connectivity index (χ2n) is 12.4. The molecule has 9 aromatic rings. The maximum absolute atomic E-state index is 6.80. The van der Waals surface area contributed by atoms with Gasteiger partial charge in [0.25, 0.3) is 0 Å². The van der Waals surface area contributed by atoms with Gasteiger partial charge in [-0.1, -0.05) is 77.7 Å². The van der Waals surface area contributed by atoms with Crippen molar-refractivity contribution < 1.29 is 24.5 Å². The van der Waals surface area contributed by atoms with Gasteiger partial charge in [0.15, 0.2) is 0 Å². The Morgan fingerprint density at radius 3 is 2.22 bits per heavy atom. The molecule has 0 aliphatic carbocycles. The molecule has 0 aliphatic rings. The largest absolute Gasteiger partial charge is 0.500 e. The zero-order valence-corrected chi connectivity index (χ0v) is 30.8. The number of furan rings is 1. The molecule has 4 nitrogen and oxygen atoms in total. The van der Waals surface area contributed by atoms with Gasteiger partial charge in [-0.15, -0.1) is 54.1 Å². The zero-order chi connectivity index (χ0) is 34.0. The van der Waals surface area contributed by atoms with E-state index in [-0.39, 0.29) is 20.1 Å². The van der Waals surface area contributed by atoms with Crippen molar-refractivity contribution in [2.45, 2.75) is 20.8 Å². The fourth-order valence-electron chi connectivity index (χ4n) is 6.68. The van der Waals surface area contributed by atoms with Crippen molar-refractivity contribution >= 4 is 32.7 Å². The molecule has 0 atom stereocenters. The van der Waals surface area contributed by atoms with Crippen molar-refractivity contribution in [1.29, 1.82) is 0 Å². The van der Waals surface area contributed by atoms with Gasteiger partial charge >= 0.3 is 0 Å². The van der Waals surface area contributed by atoms with Gasteiger partial charge in [-0.3, -0.25) is 4.98 Å². The first-order chi connectivity index (χ1) is 24.6. The molecule has 5 aromatic carbocycles. The maximum atomic E-state index is 6.80. The summed E-state index contributed by atoms with van der Waals surface area (Å²) < 4.78 is 6.80. The van der Waals surface area contributed by atoms with Crippen LogP contribution < -0.4 is 0 Å². The molecule has 249 valence electrons. The predicted octanol–water partition coefficient (Wildman–Crippen LogP) is 11.8. The zero-order valence-electron chi connectivity index (χ0n) is 28.4. The normalized spacial score (nSPS) is 10.9. The molecule has 0 saturated carbocycles. The van der Waals surface area contributed by atoms with Crippen LogP contribution in [0.4, 0.5) is 0 Å². The van der Waals surface area contributed by atoms with Gasteiger partial charge in [0, 0.05) is 61.2 Å². The monoisotopic (exact) mass is 836 g/mol. The third kappa shape index (κ3) is 6.50. The number of hydrogen-bond acceptors (Lipinski definition) is 4. The van der Waals surface area contributed by atoms with Crippen molar-refractivity contribution in [2.75, 3.05) is 0 Å². The summed E-state index contributed by atoms with van der Waals surface area (Å²) in [4.78, 5) is 13.4. The van der Waals surface area contributed by atoms with Gasteiger partial charge in [-0.25, -0.2) is 0 Å². The number of nitrogens with zero attached hydrogens (tertiary/aromatic N) is 3. The number of rotatable bonds is 4. The molecular formula is C46H33IrN3O-2. The number of fused-ring (bicyclic) bond motifs is 4. The van der Waals surface area contributed by atoms with Crippen molar-refractivity contribution in [2.24, 2.45) is 0 Å². The Morgan fingerprint density at radius 1 is 0.588 bits per heavy atom. The molecule has 9 rings (SSSR count). The summed E-state index contributed by atoms with van der Waals surface area (Å²) in [5.74, 6) is 0. The van der Waals surface area contributed by atoms with Gasteiger partial charge in [-0.05, 0) is 89.1 Å². The molecule has 5 heteroatoms. The standard InChI is InChI=1S/C35H25N2O.C11H8N.Ir/c1-21-12-13-29(33-23(3)22(2)18-26-14-16-36-20-30(26)33)35-32(21)28-11-7-10-27(34(28)38-35)31-19-25(15-17-37-31)24-8-5-4-6-9-24;1-2-6-10(7-3-1)11-8-4-5-9-12-11;/h4-9,11-20H,1-3H3;1-6,8-9H;/q2*-1;. The molecule has 0 unspecified atom stereocenters. The molecule has 0 fully saturated rings. The number of aryl methyl sites for hydroxylation is 2. The Balaban J connectivity index is 0.000000265. The van der Waals surface area contributed by atoms with Gasteiger partial charge in [-0.2, -0.15) is 0 Å². The summed E-state index contributed by atoms with van der Waals surface area (Å²) in [6.07, 6.45) is 7.46. The van der Waals surface area contributed by atoms with Crippen LogP contribution in [-0.4, -0.2) is 15.0 Å². The second-order valence-corrected chi connectivity index (χ2v) is 12.4. The van der Waals surface area contributed by atoms with Crippen molar-refractivity contribution in [3.8, 4) is 44.8 Å². The Hall–Kier alpha value is -5.74. The van der Waals surface area contributed by atoms with E-state index in [0.29, 0.717) is 0 Å². The van der Waals surface area contributed by atoms with E-state index in [2.05, 4.69) is 104 Å². The quantitative estimate of drug-likeness (QED) is 0.166. The number of aromatic nitrogens is 3. The Bertz CT molecular complexity index is 2580. The molecule has 0 N–H and O–H groups in total. The van der Waals surface area contributed by atoms with Crippen LogP contribution in [0.5, 0.6) is 0 Å². The van der Waals surface area contributed by atoms with Crippen LogP contribution in [0.2, 0.25) is 0 Å². The van der Waals surface area contributed by atoms with E-state index in [1.54, 1.807) is 6.20 Å². The average Bonchev–Trinajstić information content (AvgIpc) is 3.58. The maximum Gasteiger partial charge on any atom is 0.129 e. The molecule has 4 aromatic heterocycles. The van der Waals surface area contributed by atoms with Gasteiger partial charge in [0.1, 0.15) is 5.58 Å². The first-order valence-corrected chi connectivity index (χ1v) is 16.7. The summed E-state index contributed by atoms with van der Waals surface area (Å²) in [7, 11) is 0. The van der Waals surface area contributed by atoms with E-state index in [4.69, 9.17) is 9.40 Å². The van der Waals surface area contributed by atoms with Crippen molar-refractivity contribution in [1.82, 2.24) is 15.0 Å². The average molecular weight is 836 g/mol. The predicted molar refractivity (Wildman–Crippen MR) is 205 cm³/mol. The van der Waals surface area contributed by atoms with E-state index in [9.17, 15) is 0 Å². The molecule has 0 spiro atoms. The van der Waals surface area contributed by atoms with Gasteiger partial charge in [0.2, 0.25) is 0 Å². The van der Waals surface area contributed by atoms with E-state index >= 15 is 0 Å². The molecule has 0 amide bonds. The molecule has 1 radical (unpaired) electrons. The smallest absolute Gasteiger partial charge is 0.129 e. The molecule has 0 aliphatic heterocycles. The van der Waals surface area contributed by atoms with Gasteiger partial charge in [0.05, 0.1) is 5.58 Å². The minimum absolute atomic E-state index is 0. The minimum Gasteiger partial charge on any atom is -0.500 e. The van der Waals surface area contributed by atoms with Crippen LogP contribution in [0.15, 0.2) is 151 Å². The third-order valence-electron chi connectivity index (χ3n) is 9.29. The SMILES string of the molecule is Cc1cc2ccncc2c(-c2ccc(C)c3c2oc2c(-c4cc(-c5ccccc5)ccn4)[c-]ccc23)c1C.[Ir].[c-]1ccccc1-c1ccccn1. The van der Waals surface area contributed by atoms with Crippen molar-refractivity contribution in [3.05, 3.63) is 175 Å². The van der Waals surface area contributed by atoms with Gasteiger partial charge < -0.3 is 14.4 Å². The van der Waals surface area contributed by atoms with Crippen LogP contribution >= 0.6 is 0 Å². The summed E-state index contributed by atoms with van der Waals surface area (Å²) >= 11 is 0.